The Morgan fingerprint density at radius 1 is 1.10 bits per heavy atom. The number of hydrogen-bond acceptors (Lipinski definition) is 6. The zero-order valence-electron chi connectivity index (χ0n) is 16.8. The van der Waals surface area contributed by atoms with Gasteiger partial charge in [0.05, 0.1) is 15.5 Å². The third-order valence-electron chi connectivity index (χ3n) is 4.12. The highest BCUT2D eigenvalue weighted by Gasteiger charge is 2.27. The molecule has 0 fully saturated rings. The van der Waals surface area contributed by atoms with E-state index >= 15 is 0 Å². The van der Waals surface area contributed by atoms with Crippen LogP contribution in [0.4, 0.5) is 5.69 Å². The molecule has 0 aliphatic rings. The molecular formula is C20H22ClN3O6S. The molecule has 0 spiro atoms. The summed E-state index contributed by atoms with van der Waals surface area (Å²) in [7, 11) is -3.93. The zero-order chi connectivity index (χ0) is 23.2. The van der Waals surface area contributed by atoms with Gasteiger partial charge in [-0.05, 0) is 36.2 Å². The SMILES string of the molecule is CC(C)[C@H](NC(=O)c1ccccc1Cl)C(=O)OCC(=O)Nc1cccc(S(N)(=O)=O)c1. The van der Waals surface area contributed by atoms with E-state index < -0.39 is 40.5 Å². The van der Waals surface area contributed by atoms with E-state index in [9.17, 15) is 22.8 Å². The van der Waals surface area contributed by atoms with Gasteiger partial charge in [0.1, 0.15) is 6.04 Å². The molecule has 9 nitrogen and oxygen atoms in total. The van der Waals surface area contributed by atoms with Gasteiger partial charge < -0.3 is 15.4 Å². The smallest absolute Gasteiger partial charge is 0.329 e. The number of ether oxygens (including phenoxy) is 1. The Balaban J connectivity index is 1.98. The first-order chi connectivity index (χ1) is 14.5. The summed E-state index contributed by atoms with van der Waals surface area (Å²) in [4.78, 5) is 36.8. The summed E-state index contributed by atoms with van der Waals surface area (Å²) in [5, 5.41) is 10.3. The van der Waals surface area contributed by atoms with Crippen molar-refractivity contribution in [3.63, 3.8) is 0 Å². The lowest BCUT2D eigenvalue weighted by atomic mass is 10.0. The normalized spacial score (nSPS) is 12.2. The lowest BCUT2D eigenvalue weighted by Gasteiger charge is -2.21. The average molecular weight is 468 g/mol. The first-order valence-corrected chi connectivity index (χ1v) is 11.1. The molecule has 31 heavy (non-hydrogen) atoms. The Labute approximate surface area is 185 Å². The van der Waals surface area contributed by atoms with Crippen LogP contribution >= 0.6 is 11.6 Å². The van der Waals surface area contributed by atoms with Gasteiger partial charge in [0, 0.05) is 5.69 Å². The van der Waals surface area contributed by atoms with Crippen molar-refractivity contribution >= 4 is 45.1 Å². The van der Waals surface area contributed by atoms with E-state index in [1.54, 1.807) is 32.0 Å². The molecule has 0 aliphatic carbocycles. The number of sulfonamides is 1. The summed E-state index contributed by atoms with van der Waals surface area (Å²) in [6.45, 7) is 2.78. The van der Waals surface area contributed by atoms with Gasteiger partial charge in [0.2, 0.25) is 10.0 Å². The summed E-state index contributed by atoms with van der Waals surface area (Å²) >= 11 is 6.01. The maximum atomic E-state index is 12.4. The Bertz CT molecular complexity index is 1090. The number of esters is 1. The van der Waals surface area contributed by atoms with Crippen molar-refractivity contribution in [2.45, 2.75) is 24.8 Å². The van der Waals surface area contributed by atoms with Gasteiger partial charge in [0.15, 0.2) is 6.61 Å². The highest BCUT2D eigenvalue weighted by molar-refractivity contribution is 7.89. The summed E-state index contributed by atoms with van der Waals surface area (Å²) in [5.41, 5.74) is 0.370. The molecule has 4 N–H and O–H groups in total. The number of primary sulfonamides is 1. The van der Waals surface area contributed by atoms with E-state index in [1.165, 1.54) is 30.3 Å². The molecule has 0 aliphatic heterocycles. The van der Waals surface area contributed by atoms with E-state index in [4.69, 9.17) is 21.5 Å². The fourth-order valence-electron chi connectivity index (χ4n) is 2.54. The van der Waals surface area contributed by atoms with Crippen molar-refractivity contribution in [1.29, 1.82) is 0 Å². The highest BCUT2D eigenvalue weighted by atomic mass is 35.5. The van der Waals surface area contributed by atoms with Crippen LogP contribution in [0.3, 0.4) is 0 Å². The maximum Gasteiger partial charge on any atom is 0.329 e. The number of carbonyl (C=O) groups excluding carboxylic acids is 3. The summed E-state index contributed by atoms with van der Waals surface area (Å²) in [6.07, 6.45) is 0. The minimum Gasteiger partial charge on any atom is -0.454 e. The Kier molecular flexibility index (Phi) is 8.14. The molecular weight excluding hydrogens is 446 g/mol. The van der Waals surface area contributed by atoms with Crippen LogP contribution in [0.2, 0.25) is 5.02 Å². The van der Waals surface area contributed by atoms with Gasteiger partial charge in [-0.3, -0.25) is 9.59 Å². The van der Waals surface area contributed by atoms with Crippen LogP contribution < -0.4 is 15.8 Å². The lowest BCUT2D eigenvalue weighted by Crippen LogP contribution is -2.46. The quantitative estimate of drug-likeness (QED) is 0.506. The van der Waals surface area contributed by atoms with Crippen molar-refractivity contribution in [2.24, 2.45) is 11.1 Å². The topological polar surface area (TPSA) is 145 Å². The average Bonchev–Trinajstić information content (AvgIpc) is 2.69. The second kappa shape index (κ2) is 10.4. The molecule has 11 heteroatoms. The number of nitrogens with one attached hydrogen (secondary N) is 2. The molecule has 0 aromatic heterocycles. The number of benzene rings is 2. The lowest BCUT2D eigenvalue weighted by molar-refractivity contribution is -0.150. The predicted octanol–water partition coefficient (Wildman–Crippen LogP) is 1.92. The highest BCUT2D eigenvalue weighted by Crippen LogP contribution is 2.16. The molecule has 0 radical (unpaired) electrons. The van der Waals surface area contributed by atoms with Crippen molar-refractivity contribution < 1.29 is 27.5 Å². The first-order valence-electron chi connectivity index (χ1n) is 9.13. The molecule has 0 saturated carbocycles. The molecule has 0 heterocycles. The van der Waals surface area contributed by atoms with Gasteiger partial charge in [-0.25, -0.2) is 18.4 Å². The van der Waals surface area contributed by atoms with Gasteiger partial charge in [-0.1, -0.05) is 43.6 Å². The molecule has 1 atom stereocenters. The van der Waals surface area contributed by atoms with Crippen LogP contribution in [-0.2, 0) is 24.3 Å². The van der Waals surface area contributed by atoms with Crippen LogP contribution in [0.1, 0.15) is 24.2 Å². The van der Waals surface area contributed by atoms with Gasteiger partial charge >= 0.3 is 5.97 Å². The number of halogens is 1. The standard InChI is InChI=1S/C20H22ClN3O6S/c1-12(2)18(24-19(26)15-8-3-4-9-16(15)21)20(27)30-11-17(25)23-13-6-5-7-14(10-13)31(22,28)29/h3-10,12,18H,11H2,1-2H3,(H,23,25)(H,24,26)(H2,22,28,29)/t18-/m0/s1. The maximum absolute atomic E-state index is 12.4. The summed E-state index contributed by atoms with van der Waals surface area (Å²) < 4.78 is 27.8. The van der Waals surface area contributed by atoms with E-state index in [1.807, 2.05) is 0 Å². The molecule has 2 aromatic carbocycles. The Hall–Kier alpha value is -2.95. The van der Waals surface area contributed by atoms with Crippen molar-refractivity contribution in [2.75, 3.05) is 11.9 Å². The van der Waals surface area contributed by atoms with Crippen LogP contribution in [0.5, 0.6) is 0 Å². The summed E-state index contributed by atoms with van der Waals surface area (Å²) in [6, 6.07) is 10.7. The fraction of sp³-hybridized carbons (Fsp3) is 0.250. The second-order valence-corrected chi connectivity index (χ2v) is 8.87. The number of rotatable bonds is 8. The Morgan fingerprint density at radius 3 is 2.39 bits per heavy atom. The zero-order valence-corrected chi connectivity index (χ0v) is 18.4. The van der Waals surface area contributed by atoms with Crippen molar-refractivity contribution in [1.82, 2.24) is 5.32 Å². The third-order valence-corrected chi connectivity index (χ3v) is 5.36. The van der Waals surface area contributed by atoms with E-state index in [0.717, 1.165) is 0 Å². The van der Waals surface area contributed by atoms with E-state index in [2.05, 4.69) is 10.6 Å². The van der Waals surface area contributed by atoms with Gasteiger partial charge in [0.25, 0.3) is 11.8 Å². The number of nitrogens with two attached hydrogens (primary N) is 1. The monoisotopic (exact) mass is 467 g/mol. The van der Waals surface area contributed by atoms with Crippen molar-refractivity contribution in [3.05, 3.63) is 59.1 Å². The molecule has 166 valence electrons. The van der Waals surface area contributed by atoms with Crippen LogP contribution in [0, 0.1) is 5.92 Å². The van der Waals surface area contributed by atoms with Gasteiger partial charge in [-0.15, -0.1) is 0 Å². The number of anilines is 1. The molecule has 0 unspecified atom stereocenters. The number of hydrogen-bond donors (Lipinski definition) is 3. The number of carbonyl (C=O) groups is 3. The van der Waals surface area contributed by atoms with Gasteiger partial charge in [-0.2, -0.15) is 0 Å². The minimum absolute atomic E-state index is 0.167. The predicted molar refractivity (Wildman–Crippen MR) is 115 cm³/mol. The second-order valence-electron chi connectivity index (χ2n) is 6.90. The van der Waals surface area contributed by atoms with E-state index in [-0.39, 0.29) is 27.1 Å². The molecule has 0 bridgehead atoms. The Morgan fingerprint density at radius 2 is 1.77 bits per heavy atom. The molecule has 2 amide bonds. The van der Waals surface area contributed by atoms with E-state index in [0.29, 0.717) is 0 Å². The minimum atomic E-state index is -3.93. The van der Waals surface area contributed by atoms with Crippen LogP contribution in [0.25, 0.3) is 0 Å². The largest absolute Gasteiger partial charge is 0.454 e. The number of amides is 2. The summed E-state index contributed by atoms with van der Waals surface area (Å²) in [5.74, 6) is -2.37. The van der Waals surface area contributed by atoms with Crippen LogP contribution in [-0.4, -0.2) is 38.9 Å². The third kappa shape index (κ3) is 7.06. The van der Waals surface area contributed by atoms with Crippen molar-refractivity contribution in [3.8, 4) is 0 Å². The van der Waals surface area contributed by atoms with Crippen LogP contribution in [0.15, 0.2) is 53.4 Å². The first kappa shape index (κ1) is 24.3. The molecule has 2 aromatic rings. The molecule has 0 saturated heterocycles. The fourth-order valence-corrected chi connectivity index (χ4v) is 3.32. The molecule has 2 rings (SSSR count).